The highest BCUT2D eigenvalue weighted by molar-refractivity contribution is 9.08. The number of hydrogen-bond donors (Lipinski definition) is 0. The first kappa shape index (κ1) is 7.03. The molecule has 0 N–H and O–H groups in total. The van der Waals surface area contributed by atoms with Crippen LogP contribution >= 0.6 is 25.3 Å². The van der Waals surface area contributed by atoms with Crippen molar-refractivity contribution in [3.8, 4) is 0 Å². The van der Waals surface area contributed by atoms with E-state index in [1.165, 1.54) is 4.34 Å². The number of halogens is 1. The van der Waals surface area contributed by atoms with Gasteiger partial charge in [0.25, 0.3) is 0 Å². The third kappa shape index (κ3) is 1.43. The molecule has 0 saturated carbocycles. The summed E-state index contributed by atoms with van der Waals surface area (Å²) in [5.74, 6) is 0.282. The molecule has 0 bridgehead atoms. The second-order valence-electron chi connectivity index (χ2n) is 1.50. The number of rotatable bonds is 1. The number of nitrogens with zero attached hydrogens (tertiary/aromatic N) is 1. The molecule has 1 heterocycles. The molecular formula is C4H5BrNO2P. The Morgan fingerprint density at radius 3 is 2.78 bits per heavy atom. The molecular weight excluding hydrogens is 205 g/mol. The lowest BCUT2D eigenvalue weighted by Crippen LogP contribution is -2.01. The Bertz CT molecular complexity index is 253. The van der Waals surface area contributed by atoms with Crippen molar-refractivity contribution >= 4 is 25.3 Å². The Hall–Kier alpha value is -0.0800. The van der Waals surface area contributed by atoms with E-state index < -0.39 is 0 Å². The van der Waals surface area contributed by atoms with Gasteiger partial charge < -0.3 is 4.42 Å². The fourth-order valence-electron chi connectivity index (χ4n) is 0.461. The van der Waals surface area contributed by atoms with Gasteiger partial charge in [0.05, 0.1) is 11.5 Å². The van der Waals surface area contributed by atoms with Gasteiger partial charge in [-0.25, -0.2) is 4.79 Å². The zero-order chi connectivity index (χ0) is 6.85. The summed E-state index contributed by atoms with van der Waals surface area (Å²) in [6.07, 6.45) is 1.61. The van der Waals surface area contributed by atoms with Gasteiger partial charge in [0.1, 0.15) is 5.76 Å². The van der Waals surface area contributed by atoms with Crippen molar-refractivity contribution in [1.29, 1.82) is 0 Å². The third-order valence-corrected chi connectivity index (χ3v) is 1.76. The predicted octanol–water partition coefficient (Wildman–Crippen LogP) is 0.974. The number of hydrogen-bond acceptors (Lipinski definition) is 2. The Labute approximate surface area is 62.4 Å². The zero-order valence-corrected chi connectivity index (χ0v) is 7.24. The van der Waals surface area contributed by atoms with Crippen LogP contribution in [0.2, 0.25) is 0 Å². The Balaban J connectivity index is 3.13. The molecule has 0 fully saturated rings. The van der Waals surface area contributed by atoms with E-state index in [0.717, 1.165) is 0 Å². The minimum atomic E-state index is -0.352. The van der Waals surface area contributed by atoms with E-state index in [1.54, 1.807) is 6.20 Å². The summed E-state index contributed by atoms with van der Waals surface area (Å²) in [5.41, 5.74) is 0. The predicted molar refractivity (Wildman–Crippen MR) is 40.7 cm³/mol. The molecule has 0 aliphatic rings. The largest absolute Gasteiger partial charge is 0.422 e. The summed E-state index contributed by atoms with van der Waals surface area (Å²) in [4.78, 5) is 10.6. The molecule has 1 atom stereocenters. The van der Waals surface area contributed by atoms with E-state index in [9.17, 15) is 4.79 Å². The zero-order valence-electron chi connectivity index (χ0n) is 4.50. The molecule has 0 saturated heterocycles. The lowest BCUT2D eigenvalue weighted by molar-refractivity contribution is 0.482. The van der Waals surface area contributed by atoms with Gasteiger partial charge in [-0.15, -0.1) is 0 Å². The van der Waals surface area contributed by atoms with Crippen LogP contribution in [0.15, 0.2) is 15.4 Å². The maximum atomic E-state index is 10.6. The van der Waals surface area contributed by atoms with Crippen LogP contribution in [0, 0.1) is 0 Å². The second-order valence-corrected chi connectivity index (χ2v) is 2.62. The topological polar surface area (TPSA) is 35.1 Å². The highest BCUT2D eigenvalue weighted by atomic mass is 79.9. The van der Waals surface area contributed by atoms with Gasteiger partial charge in [-0.2, -0.15) is 0 Å². The maximum Gasteiger partial charge on any atom is 0.422 e. The Kier molecular flexibility index (Phi) is 2.09. The lowest BCUT2D eigenvalue weighted by atomic mass is 10.6. The summed E-state index contributed by atoms with van der Waals surface area (Å²) >= 11 is 3.15. The van der Waals surface area contributed by atoms with E-state index in [1.807, 2.05) is 0 Å². The van der Waals surface area contributed by atoms with Crippen LogP contribution in [-0.4, -0.2) is 4.34 Å². The summed E-state index contributed by atoms with van der Waals surface area (Å²) in [5, 5.41) is 0.573. The molecule has 1 rings (SSSR count). The SMILES string of the molecule is O=c1oc(CBr)cn1P. The second kappa shape index (κ2) is 2.67. The molecule has 1 unspecified atom stereocenters. The minimum Gasteiger partial charge on any atom is -0.412 e. The molecule has 0 amide bonds. The van der Waals surface area contributed by atoms with Crippen molar-refractivity contribution < 1.29 is 4.42 Å². The van der Waals surface area contributed by atoms with Gasteiger partial charge in [-0.3, -0.25) is 4.34 Å². The van der Waals surface area contributed by atoms with Gasteiger partial charge in [0.15, 0.2) is 0 Å². The smallest absolute Gasteiger partial charge is 0.412 e. The van der Waals surface area contributed by atoms with E-state index >= 15 is 0 Å². The molecule has 1 aromatic rings. The van der Waals surface area contributed by atoms with Crippen molar-refractivity contribution in [2.24, 2.45) is 0 Å². The molecule has 1 aromatic heterocycles. The highest BCUT2D eigenvalue weighted by Gasteiger charge is 1.98. The third-order valence-electron chi connectivity index (χ3n) is 0.844. The van der Waals surface area contributed by atoms with Crippen molar-refractivity contribution in [3.05, 3.63) is 22.5 Å². The van der Waals surface area contributed by atoms with Gasteiger partial charge in [-0.05, 0) is 9.39 Å². The first-order valence-electron chi connectivity index (χ1n) is 2.26. The van der Waals surface area contributed by atoms with Crippen LogP contribution in [0.5, 0.6) is 0 Å². The molecule has 9 heavy (non-hydrogen) atoms. The monoisotopic (exact) mass is 209 g/mol. The Morgan fingerprint density at radius 1 is 1.89 bits per heavy atom. The summed E-state index contributed by atoms with van der Waals surface area (Å²) in [6, 6.07) is 0. The van der Waals surface area contributed by atoms with Crippen LogP contribution < -0.4 is 5.76 Å². The van der Waals surface area contributed by atoms with E-state index in [0.29, 0.717) is 11.1 Å². The van der Waals surface area contributed by atoms with Gasteiger partial charge in [0.2, 0.25) is 0 Å². The molecule has 50 valence electrons. The summed E-state index contributed by atoms with van der Waals surface area (Å²) in [6.45, 7) is 0. The molecule has 0 aliphatic carbocycles. The van der Waals surface area contributed by atoms with Crippen LogP contribution in [-0.2, 0) is 5.33 Å². The van der Waals surface area contributed by atoms with Crippen molar-refractivity contribution in [2.45, 2.75) is 5.33 Å². The molecule has 3 nitrogen and oxygen atoms in total. The van der Waals surface area contributed by atoms with Crippen LogP contribution in [0.4, 0.5) is 0 Å². The van der Waals surface area contributed by atoms with E-state index in [2.05, 4.69) is 25.3 Å². The number of aromatic nitrogens is 1. The molecule has 0 aromatic carbocycles. The standard InChI is InChI=1S/C4H5BrNO2P/c5-1-3-2-6(9)4(7)8-3/h2H,1,9H2. The number of oxazole rings is 1. The molecule has 5 heteroatoms. The fraction of sp³-hybridized carbons (Fsp3) is 0.250. The normalized spacial score (nSPS) is 10.0. The van der Waals surface area contributed by atoms with Gasteiger partial charge in [-0.1, -0.05) is 15.9 Å². The highest BCUT2D eigenvalue weighted by Crippen LogP contribution is 2.03. The van der Waals surface area contributed by atoms with Crippen molar-refractivity contribution in [2.75, 3.05) is 0 Å². The fourth-order valence-corrected chi connectivity index (χ4v) is 0.939. The average Bonchev–Trinajstić information content (AvgIpc) is 2.13. The minimum absolute atomic E-state index is 0.352. The first-order valence-corrected chi connectivity index (χ1v) is 3.90. The summed E-state index contributed by atoms with van der Waals surface area (Å²) < 4.78 is 6.02. The van der Waals surface area contributed by atoms with Crippen molar-refractivity contribution in [3.63, 3.8) is 0 Å². The molecule has 0 aliphatic heterocycles. The first-order chi connectivity index (χ1) is 4.24. The molecule has 0 radical (unpaired) electrons. The van der Waals surface area contributed by atoms with E-state index in [4.69, 9.17) is 4.42 Å². The van der Waals surface area contributed by atoms with Crippen LogP contribution in [0.3, 0.4) is 0 Å². The quantitative estimate of drug-likeness (QED) is 0.511. The van der Waals surface area contributed by atoms with Crippen LogP contribution in [0.1, 0.15) is 5.76 Å². The Morgan fingerprint density at radius 2 is 2.56 bits per heavy atom. The maximum absolute atomic E-state index is 10.6. The van der Waals surface area contributed by atoms with Crippen molar-refractivity contribution in [1.82, 2.24) is 4.34 Å². The van der Waals surface area contributed by atoms with Gasteiger partial charge in [0, 0.05) is 0 Å². The lowest BCUT2D eigenvalue weighted by Gasteiger charge is -1.77. The van der Waals surface area contributed by atoms with Gasteiger partial charge >= 0.3 is 5.76 Å². The molecule has 0 spiro atoms. The van der Waals surface area contributed by atoms with E-state index in [-0.39, 0.29) is 5.76 Å². The average molecular weight is 210 g/mol. The number of alkyl halides is 1. The summed E-state index contributed by atoms with van der Waals surface area (Å²) in [7, 11) is 2.23. The van der Waals surface area contributed by atoms with Crippen LogP contribution in [0.25, 0.3) is 0 Å².